The summed E-state index contributed by atoms with van der Waals surface area (Å²) >= 11 is 0. The topological polar surface area (TPSA) is 65.4 Å². The third kappa shape index (κ3) is 5.38. The third-order valence-electron chi connectivity index (χ3n) is 6.70. The normalized spacial score (nSPS) is 13.6. The number of aryl methyl sites for hydroxylation is 2. The van der Waals surface area contributed by atoms with Crippen molar-refractivity contribution in [2.24, 2.45) is 0 Å². The minimum absolute atomic E-state index is 0.142. The van der Waals surface area contributed by atoms with Gasteiger partial charge >= 0.3 is 5.97 Å². The van der Waals surface area contributed by atoms with Gasteiger partial charge in [0.2, 0.25) is 0 Å². The second-order valence-electron chi connectivity index (χ2n) is 9.32. The molecule has 1 atom stereocenters. The number of fused-ring (bicyclic) bond motifs is 2. The standard InChI is InChI=1S/C30H33N3O3/c1-3-35-29(34)20-28(23-7-4-6-21(2)18-23)33-16-13-24-19-26(11-12-27(24)33)36-17-14-25-10-9-22-8-5-15-31-30(22)32-25/h4,6-7,9-13,16,18-19,28H,3,5,8,14-15,17,20H2,1-2H3,(H,31,32). The van der Waals surface area contributed by atoms with Crippen LogP contribution in [0.5, 0.6) is 5.75 Å². The predicted molar refractivity (Wildman–Crippen MR) is 143 cm³/mol. The van der Waals surface area contributed by atoms with Crippen LogP contribution in [0.4, 0.5) is 5.82 Å². The van der Waals surface area contributed by atoms with E-state index < -0.39 is 0 Å². The van der Waals surface area contributed by atoms with Crippen LogP contribution in [0.15, 0.2) is 66.9 Å². The molecule has 0 radical (unpaired) electrons. The average molecular weight is 484 g/mol. The maximum atomic E-state index is 12.4. The molecule has 1 aliphatic heterocycles. The molecule has 0 fully saturated rings. The number of aromatic nitrogens is 2. The molecule has 2 aromatic carbocycles. The molecule has 186 valence electrons. The molecular weight excluding hydrogens is 450 g/mol. The van der Waals surface area contributed by atoms with Crippen LogP contribution < -0.4 is 10.1 Å². The molecule has 0 spiro atoms. The largest absolute Gasteiger partial charge is 0.493 e. The highest BCUT2D eigenvalue weighted by Gasteiger charge is 2.21. The molecule has 36 heavy (non-hydrogen) atoms. The van der Waals surface area contributed by atoms with E-state index in [1.807, 2.05) is 25.3 Å². The maximum absolute atomic E-state index is 12.4. The zero-order valence-electron chi connectivity index (χ0n) is 21.0. The van der Waals surface area contributed by atoms with E-state index in [4.69, 9.17) is 14.5 Å². The highest BCUT2D eigenvalue weighted by atomic mass is 16.5. The molecular formula is C30H33N3O3. The van der Waals surface area contributed by atoms with E-state index in [9.17, 15) is 4.79 Å². The van der Waals surface area contributed by atoms with Crippen molar-refractivity contribution in [1.82, 2.24) is 9.55 Å². The fraction of sp³-hybridized carbons (Fsp3) is 0.333. The van der Waals surface area contributed by atoms with Crippen molar-refractivity contribution >= 4 is 22.7 Å². The number of rotatable bonds is 9. The lowest BCUT2D eigenvalue weighted by Gasteiger charge is -2.21. The van der Waals surface area contributed by atoms with Crippen LogP contribution in [0.3, 0.4) is 0 Å². The van der Waals surface area contributed by atoms with Crippen LogP contribution in [0.25, 0.3) is 10.9 Å². The summed E-state index contributed by atoms with van der Waals surface area (Å²) in [6, 6.07) is 20.7. The number of hydrogen-bond acceptors (Lipinski definition) is 5. The summed E-state index contributed by atoms with van der Waals surface area (Å²) in [5, 5.41) is 4.47. The zero-order chi connectivity index (χ0) is 24.9. The van der Waals surface area contributed by atoms with Crippen LogP contribution in [-0.2, 0) is 22.4 Å². The second kappa shape index (κ2) is 10.9. The number of benzene rings is 2. The first kappa shape index (κ1) is 23.9. The predicted octanol–water partition coefficient (Wildman–Crippen LogP) is 5.87. The Morgan fingerprint density at radius 3 is 2.92 bits per heavy atom. The van der Waals surface area contributed by atoms with Crippen LogP contribution in [0, 0.1) is 6.92 Å². The van der Waals surface area contributed by atoms with Gasteiger partial charge in [-0.3, -0.25) is 4.79 Å². The summed E-state index contributed by atoms with van der Waals surface area (Å²) in [6.45, 7) is 5.84. The SMILES string of the molecule is CCOC(=O)CC(c1cccc(C)c1)n1ccc2cc(OCCc3ccc4c(n3)NCCC4)ccc21. The second-order valence-corrected chi connectivity index (χ2v) is 9.32. The summed E-state index contributed by atoms with van der Waals surface area (Å²) in [7, 11) is 0. The first-order valence-electron chi connectivity index (χ1n) is 12.8. The Balaban J connectivity index is 1.31. The molecule has 6 heteroatoms. The molecule has 6 nitrogen and oxygen atoms in total. The van der Waals surface area contributed by atoms with Gasteiger partial charge in [-0.25, -0.2) is 4.98 Å². The van der Waals surface area contributed by atoms with Crippen LogP contribution in [0.1, 0.15) is 48.2 Å². The monoisotopic (exact) mass is 483 g/mol. The number of ether oxygens (including phenoxy) is 2. The lowest BCUT2D eigenvalue weighted by Crippen LogP contribution is -2.16. The molecule has 0 saturated heterocycles. The Kier molecular flexibility index (Phi) is 7.21. The number of esters is 1. The number of nitrogens with zero attached hydrogens (tertiary/aromatic N) is 2. The lowest BCUT2D eigenvalue weighted by molar-refractivity contribution is -0.143. The Morgan fingerprint density at radius 2 is 2.06 bits per heavy atom. The first-order valence-corrected chi connectivity index (χ1v) is 12.8. The Hall–Kier alpha value is -3.80. The molecule has 0 saturated carbocycles. The molecule has 2 aromatic heterocycles. The van der Waals surface area contributed by atoms with Gasteiger partial charge in [-0.15, -0.1) is 0 Å². The van der Waals surface area contributed by atoms with Gasteiger partial charge < -0.3 is 19.4 Å². The van der Waals surface area contributed by atoms with Crippen molar-refractivity contribution < 1.29 is 14.3 Å². The van der Waals surface area contributed by atoms with Gasteiger partial charge in [0, 0.05) is 35.8 Å². The molecule has 4 aromatic rings. The molecule has 0 bridgehead atoms. The van der Waals surface area contributed by atoms with E-state index in [2.05, 4.69) is 65.3 Å². The molecule has 3 heterocycles. The van der Waals surface area contributed by atoms with Crippen molar-refractivity contribution in [3.8, 4) is 5.75 Å². The fourth-order valence-electron chi connectivity index (χ4n) is 4.92. The van der Waals surface area contributed by atoms with Gasteiger partial charge in [0.15, 0.2) is 0 Å². The lowest BCUT2D eigenvalue weighted by atomic mass is 10.0. The highest BCUT2D eigenvalue weighted by Crippen LogP contribution is 2.31. The number of nitrogens with one attached hydrogen (secondary N) is 1. The van der Waals surface area contributed by atoms with E-state index in [-0.39, 0.29) is 18.4 Å². The van der Waals surface area contributed by atoms with Gasteiger partial charge in [0.25, 0.3) is 0 Å². The summed E-state index contributed by atoms with van der Waals surface area (Å²) in [5.41, 5.74) is 5.65. The number of anilines is 1. The molecule has 1 unspecified atom stereocenters. The number of carbonyl (C=O) groups is 1. The highest BCUT2D eigenvalue weighted by molar-refractivity contribution is 5.82. The zero-order valence-corrected chi connectivity index (χ0v) is 21.0. The summed E-state index contributed by atoms with van der Waals surface area (Å²) in [4.78, 5) is 17.2. The Morgan fingerprint density at radius 1 is 1.14 bits per heavy atom. The summed E-state index contributed by atoms with van der Waals surface area (Å²) < 4.78 is 13.5. The van der Waals surface area contributed by atoms with E-state index in [0.717, 1.165) is 65.1 Å². The van der Waals surface area contributed by atoms with Gasteiger partial charge in [-0.05, 0) is 68.1 Å². The van der Waals surface area contributed by atoms with Crippen molar-refractivity contribution in [3.63, 3.8) is 0 Å². The van der Waals surface area contributed by atoms with Crippen LogP contribution in [0.2, 0.25) is 0 Å². The average Bonchev–Trinajstić information content (AvgIpc) is 3.30. The van der Waals surface area contributed by atoms with E-state index in [1.54, 1.807) is 0 Å². The molecule has 0 amide bonds. The molecule has 0 aliphatic carbocycles. The van der Waals surface area contributed by atoms with Gasteiger partial charge in [0.05, 0.1) is 25.7 Å². The van der Waals surface area contributed by atoms with Crippen LogP contribution >= 0.6 is 0 Å². The van der Waals surface area contributed by atoms with Crippen molar-refractivity contribution in [2.75, 3.05) is 25.1 Å². The van der Waals surface area contributed by atoms with Gasteiger partial charge in [-0.2, -0.15) is 0 Å². The van der Waals surface area contributed by atoms with Gasteiger partial charge in [0.1, 0.15) is 11.6 Å². The smallest absolute Gasteiger partial charge is 0.308 e. The maximum Gasteiger partial charge on any atom is 0.308 e. The van der Waals surface area contributed by atoms with Crippen molar-refractivity contribution in [3.05, 3.63) is 89.2 Å². The summed E-state index contributed by atoms with van der Waals surface area (Å²) in [5.74, 6) is 1.65. The minimum atomic E-state index is -0.197. The number of carbonyl (C=O) groups excluding carboxylic acids is 1. The molecule has 1 N–H and O–H groups in total. The minimum Gasteiger partial charge on any atom is -0.493 e. The molecule has 5 rings (SSSR count). The number of pyridine rings is 1. The quantitative estimate of drug-likeness (QED) is 0.302. The first-order chi connectivity index (χ1) is 17.6. The molecule has 1 aliphatic rings. The third-order valence-corrected chi connectivity index (χ3v) is 6.70. The van der Waals surface area contributed by atoms with Gasteiger partial charge in [-0.1, -0.05) is 35.9 Å². The fourth-order valence-corrected chi connectivity index (χ4v) is 4.92. The van der Waals surface area contributed by atoms with Crippen molar-refractivity contribution in [1.29, 1.82) is 0 Å². The Labute approximate surface area is 212 Å². The summed E-state index contributed by atoms with van der Waals surface area (Å²) in [6.07, 6.45) is 5.34. The Bertz CT molecular complexity index is 1360. The van der Waals surface area contributed by atoms with E-state index in [1.165, 1.54) is 5.56 Å². The van der Waals surface area contributed by atoms with Crippen LogP contribution in [-0.4, -0.2) is 35.3 Å². The van der Waals surface area contributed by atoms with E-state index >= 15 is 0 Å². The number of hydrogen-bond donors (Lipinski definition) is 1. The van der Waals surface area contributed by atoms with Crippen molar-refractivity contribution in [2.45, 2.75) is 45.6 Å². The van der Waals surface area contributed by atoms with E-state index in [0.29, 0.717) is 13.2 Å².